The highest BCUT2D eigenvalue weighted by Crippen LogP contribution is 2.69. The minimum absolute atomic E-state index is 0.178. The molecule has 1 aliphatic heterocycles. The maximum atomic E-state index is 11.6. The van der Waals surface area contributed by atoms with Gasteiger partial charge in [-0.3, -0.25) is 9.59 Å². The van der Waals surface area contributed by atoms with Gasteiger partial charge in [0.1, 0.15) is 23.0 Å². The average molecular weight is 433 g/mol. The second-order valence-corrected chi connectivity index (χ2v) is 7.78. The van der Waals surface area contributed by atoms with Crippen molar-refractivity contribution in [2.24, 2.45) is 10.8 Å². The van der Waals surface area contributed by atoms with E-state index in [9.17, 15) is 33.0 Å². The zero-order valence-corrected chi connectivity index (χ0v) is 15.5. The Labute approximate surface area is 164 Å². The Kier molecular flexibility index (Phi) is 4.68. The zero-order chi connectivity index (χ0) is 21.8. The summed E-state index contributed by atoms with van der Waals surface area (Å²) in [7, 11) is 0. The number of aryl methyl sites for hydroxylation is 1. The van der Waals surface area contributed by atoms with E-state index in [1.54, 1.807) is 4.90 Å². The molecular weight excluding hydrogens is 419 g/mol. The molecule has 2 fully saturated rings. The van der Waals surface area contributed by atoms with Crippen LogP contribution < -0.4 is 4.90 Å². The summed E-state index contributed by atoms with van der Waals surface area (Å²) in [6.45, 7) is 2.31. The number of hydrogen-bond acceptors (Lipinski definition) is 7. The number of anilines is 1. The second-order valence-electron chi connectivity index (χ2n) is 6.90. The van der Waals surface area contributed by atoms with E-state index in [0.29, 0.717) is 5.82 Å². The van der Waals surface area contributed by atoms with Crippen molar-refractivity contribution in [1.29, 1.82) is 0 Å². The van der Waals surface area contributed by atoms with E-state index in [2.05, 4.69) is 9.97 Å². The molecule has 3 heterocycles. The van der Waals surface area contributed by atoms with Gasteiger partial charge in [-0.25, -0.2) is 14.8 Å². The lowest BCUT2D eigenvalue weighted by molar-refractivity contribution is -0.192. The maximum absolute atomic E-state index is 11.6. The summed E-state index contributed by atoms with van der Waals surface area (Å²) in [4.78, 5) is 42.4. The van der Waals surface area contributed by atoms with Crippen molar-refractivity contribution in [3.63, 3.8) is 0 Å². The Morgan fingerprint density at radius 2 is 1.62 bits per heavy atom. The molecule has 0 amide bonds. The van der Waals surface area contributed by atoms with Crippen molar-refractivity contribution < 1.29 is 42.9 Å². The summed E-state index contributed by atoms with van der Waals surface area (Å²) >= 11 is 1.50. The van der Waals surface area contributed by atoms with Crippen LogP contribution in [0.5, 0.6) is 0 Å². The molecule has 3 N–H and O–H groups in total. The number of nitrogens with zero attached hydrogens (tertiary/aromatic N) is 3. The molecule has 156 valence electrons. The Balaban J connectivity index is 0.000000298. The van der Waals surface area contributed by atoms with Gasteiger partial charge >= 0.3 is 24.1 Å². The first-order valence-corrected chi connectivity index (χ1v) is 8.94. The van der Waals surface area contributed by atoms with E-state index in [0.717, 1.165) is 15.8 Å². The topological polar surface area (TPSA) is 141 Å². The lowest BCUT2D eigenvalue weighted by atomic mass is 9.97. The number of carboxylic acid groups (broad SMARTS) is 3. The molecule has 1 saturated carbocycles. The van der Waals surface area contributed by atoms with Crippen LogP contribution in [0, 0.1) is 17.8 Å². The van der Waals surface area contributed by atoms with Crippen molar-refractivity contribution in [2.75, 3.05) is 18.0 Å². The number of aliphatic carboxylic acids is 3. The third-order valence-electron chi connectivity index (χ3n) is 5.19. The number of carbonyl (C=O) groups is 3. The van der Waals surface area contributed by atoms with Crippen molar-refractivity contribution in [1.82, 2.24) is 9.97 Å². The fraction of sp³-hybridized carbons (Fsp3) is 0.438. The summed E-state index contributed by atoms with van der Waals surface area (Å²) in [6, 6.07) is 0. The molecule has 2 aromatic rings. The second kappa shape index (κ2) is 6.54. The van der Waals surface area contributed by atoms with Crippen LogP contribution in [0.15, 0.2) is 11.7 Å². The normalized spacial score (nSPS) is 25.2. The summed E-state index contributed by atoms with van der Waals surface area (Å²) in [6.07, 6.45) is -3.44. The predicted molar refractivity (Wildman–Crippen MR) is 92.8 cm³/mol. The van der Waals surface area contributed by atoms with Crippen molar-refractivity contribution in [3.8, 4) is 0 Å². The molecule has 2 aromatic heterocycles. The van der Waals surface area contributed by atoms with Crippen LogP contribution in [-0.2, 0) is 14.4 Å². The van der Waals surface area contributed by atoms with Crippen molar-refractivity contribution in [2.45, 2.75) is 19.5 Å². The quantitative estimate of drug-likeness (QED) is 0.663. The number of carboxylic acids is 3. The van der Waals surface area contributed by atoms with E-state index < -0.39 is 34.9 Å². The van der Waals surface area contributed by atoms with Crippen LogP contribution in [0.25, 0.3) is 10.2 Å². The number of fused-ring (bicyclic) bond motifs is 2. The first-order chi connectivity index (χ1) is 13.4. The van der Waals surface area contributed by atoms with Crippen LogP contribution in [0.1, 0.15) is 12.0 Å². The fourth-order valence-corrected chi connectivity index (χ4v) is 4.64. The highest BCUT2D eigenvalue weighted by atomic mass is 32.1. The summed E-state index contributed by atoms with van der Waals surface area (Å²) in [5, 5.41) is 28.1. The fourth-order valence-electron chi connectivity index (χ4n) is 3.62. The Bertz CT molecular complexity index is 997. The molecule has 29 heavy (non-hydrogen) atoms. The molecule has 0 unspecified atom stereocenters. The van der Waals surface area contributed by atoms with E-state index in [-0.39, 0.29) is 19.5 Å². The van der Waals surface area contributed by atoms with Gasteiger partial charge in [-0.05, 0) is 24.3 Å². The smallest absolute Gasteiger partial charge is 0.481 e. The van der Waals surface area contributed by atoms with Crippen LogP contribution in [0.3, 0.4) is 0 Å². The number of halogens is 3. The van der Waals surface area contributed by atoms with Crippen LogP contribution in [0.4, 0.5) is 19.0 Å². The highest BCUT2D eigenvalue weighted by molar-refractivity contribution is 7.18. The van der Waals surface area contributed by atoms with Crippen LogP contribution in [0.2, 0.25) is 0 Å². The monoisotopic (exact) mass is 433 g/mol. The molecule has 2 atom stereocenters. The Morgan fingerprint density at radius 1 is 1.10 bits per heavy atom. The van der Waals surface area contributed by atoms with Gasteiger partial charge in [0, 0.05) is 13.1 Å². The molecule has 0 radical (unpaired) electrons. The summed E-state index contributed by atoms with van der Waals surface area (Å²) in [5.41, 5.74) is -0.511. The van der Waals surface area contributed by atoms with Gasteiger partial charge < -0.3 is 20.2 Å². The standard InChI is InChI=1S/C14H13N3O4S.C2HF3O2/c1-7-2-22-9-8(7)15-6-16-10(9)17-4-13(11(18)19)3-14(13,5-17)12(20)21;3-2(4,5)1(6)7/h2,6H,3-5H2,1H3,(H,18,19)(H,20,21);(H,6,7)/t13-,14+;. The van der Waals surface area contributed by atoms with E-state index in [1.807, 2.05) is 12.3 Å². The first kappa shape index (κ1) is 20.8. The Morgan fingerprint density at radius 3 is 2.07 bits per heavy atom. The van der Waals surface area contributed by atoms with E-state index in [4.69, 9.17) is 9.90 Å². The molecule has 4 rings (SSSR count). The zero-order valence-electron chi connectivity index (χ0n) is 14.7. The lowest BCUT2D eigenvalue weighted by Gasteiger charge is -2.21. The third kappa shape index (κ3) is 3.14. The summed E-state index contributed by atoms with van der Waals surface area (Å²) < 4.78 is 32.6. The van der Waals surface area contributed by atoms with Crippen LogP contribution in [-0.4, -0.2) is 62.5 Å². The van der Waals surface area contributed by atoms with Gasteiger partial charge in [0.05, 0.1) is 10.2 Å². The van der Waals surface area contributed by atoms with E-state index >= 15 is 0 Å². The molecular formula is C16H14F3N3O6S. The minimum Gasteiger partial charge on any atom is -0.481 e. The predicted octanol–water partition coefficient (Wildman–Crippen LogP) is 2.00. The molecule has 0 bridgehead atoms. The number of alkyl halides is 3. The van der Waals surface area contributed by atoms with Gasteiger partial charge in [0.2, 0.25) is 0 Å². The molecule has 1 aliphatic carbocycles. The molecule has 13 heteroatoms. The first-order valence-electron chi connectivity index (χ1n) is 8.06. The largest absolute Gasteiger partial charge is 0.490 e. The summed E-state index contributed by atoms with van der Waals surface area (Å²) in [5.74, 6) is -4.20. The lowest BCUT2D eigenvalue weighted by Crippen LogP contribution is -2.29. The molecule has 1 saturated heterocycles. The SMILES string of the molecule is Cc1csc2c(N3C[C@@]4(C(=O)O)C[C@@]4(C(=O)O)C3)ncnc12.O=C(O)C(F)(F)F. The molecule has 9 nitrogen and oxygen atoms in total. The number of thiophene rings is 1. The van der Waals surface area contributed by atoms with Crippen molar-refractivity contribution >= 4 is 45.3 Å². The van der Waals surface area contributed by atoms with Gasteiger partial charge in [-0.15, -0.1) is 11.3 Å². The van der Waals surface area contributed by atoms with Gasteiger partial charge in [-0.2, -0.15) is 13.2 Å². The van der Waals surface area contributed by atoms with E-state index in [1.165, 1.54) is 17.7 Å². The van der Waals surface area contributed by atoms with Crippen molar-refractivity contribution in [3.05, 3.63) is 17.3 Å². The van der Waals surface area contributed by atoms with Crippen LogP contribution >= 0.6 is 11.3 Å². The number of hydrogen-bond donors (Lipinski definition) is 3. The maximum Gasteiger partial charge on any atom is 0.490 e. The Hall–Kier alpha value is -2.96. The molecule has 2 aliphatic rings. The highest BCUT2D eigenvalue weighted by Gasteiger charge is 2.81. The number of piperidine rings is 1. The molecule has 0 aromatic carbocycles. The minimum atomic E-state index is -5.08. The van der Waals surface area contributed by atoms with Gasteiger partial charge in [-0.1, -0.05) is 0 Å². The number of rotatable bonds is 3. The van der Waals surface area contributed by atoms with Gasteiger partial charge in [0.25, 0.3) is 0 Å². The average Bonchev–Trinajstić information content (AvgIpc) is 2.94. The third-order valence-corrected chi connectivity index (χ3v) is 6.27. The van der Waals surface area contributed by atoms with Gasteiger partial charge in [0.15, 0.2) is 0 Å². The number of aromatic nitrogens is 2. The molecule has 0 spiro atoms.